The zero-order valence-corrected chi connectivity index (χ0v) is 11.9. The number of ether oxygens (including phenoxy) is 1. The third kappa shape index (κ3) is 3.72. The monoisotopic (exact) mass is 275 g/mol. The van der Waals surface area contributed by atoms with Crippen molar-refractivity contribution in [2.45, 2.75) is 19.5 Å². The lowest BCUT2D eigenvalue weighted by Gasteiger charge is -2.16. The molecule has 0 amide bonds. The van der Waals surface area contributed by atoms with Gasteiger partial charge in [0.15, 0.2) is 0 Å². The minimum absolute atomic E-state index is 0.239. The molecule has 0 aliphatic carbocycles. The van der Waals surface area contributed by atoms with Gasteiger partial charge in [-0.05, 0) is 30.7 Å². The molecule has 2 rings (SSSR count). The standard InChI is InChI=1S/C16H18ClNO/c1-12(13-7-5-8-15(17)10-13)18-11-14-6-3-4-9-16(14)19-2/h3-10,12,18H,11H2,1-2H3/t12-/m0/s1. The summed E-state index contributed by atoms with van der Waals surface area (Å²) < 4.78 is 5.34. The molecule has 0 bridgehead atoms. The molecule has 0 spiro atoms. The number of rotatable bonds is 5. The van der Waals surface area contributed by atoms with Gasteiger partial charge in [0, 0.05) is 23.2 Å². The molecular weight excluding hydrogens is 258 g/mol. The fraction of sp³-hybridized carbons (Fsp3) is 0.250. The zero-order valence-electron chi connectivity index (χ0n) is 11.2. The van der Waals surface area contributed by atoms with Crippen molar-refractivity contribution in [1.82, 2.24) is 5.32 Å². The largest absolute Gasteiger partial charge is 0.496 e. The van der Waals surface area contributed by atoms with Crippen molar-refractivity contribution in [3.05, 3.63) is 64.7 Å². The van der Waals surface area contributed by atoms with Crippen LogP contribution in [-0.2, 0) is 6.54 Å². The molecule has 1 atom stereocenters. The number of para-hydroxylation sites is 1. The first-order valence-corrected chi connectivity index (χ1v) is 6.69. The average molecular weight is 276 g/mol. The zero-order chi connectivity index (χ0) is 13.7. The second kappa shape index (κ2) is 6.60. The number of methoxy groups -OCH3 is 1. The van der Waals surface area contributed by atoms with Gasteiger partial charge in [-0.3, -0.25) is 0 Å². The molecule has 0 radical (unpaired) electrons. The Balaban J connectivity index is 2.02. The summed E-state index contributed by atoms with van der Waals surface area (Å²) in [6.07, 6.45) is 0. The van der Waals surface area contributed by atoms with Crippen LogP contribution in [0.4, 0.5) is 0 Å². The summed E-state index contributed by atoms with van der Waals surface area (Å²) in [5, 5.41) is 4.25. The van der Waals surface area contributed by atoms with Crippen LogP contribution in [-0.4, -0.2) is 7.11 Å². The van der Waals surface area contributed by atoms with Crippen LogP contribution < -0.4 is 10.1 Å². The molecule has 0 unspecified atom stereocenters. The highest BCUT2D eigenvalue weighted by molar-refractivity contribution is 6.30. The molecule has 2 aromatic rings. The van der Waals surface area contributed by atoms with Gasteiger partial charge in [-0.2, -0.15) is 0 Å². The van der Waals surface area contributed by atoms with Crippen molar-refractivity contribution in [2.75, 3.05) is 7.11 Å². The number of hydrogen-bond acceptors (Lipinski definition) is 2. The summed E-state index contributed by atoms with van der Waals surface area (Å²) in [5.41, 5.74) is 2.33. The molecule has 0 heterocycles. The first-order valence-electron chi connectivity index (χ1n) is 6.31. The SMILES string of the molecule is COc1ccccc1CN[C@@H](C)c1cccc(Cl)c1. The highest BCUT2D eigenvalue weighted by Crippen LogP contribution is 2.20. The number of halogens is 1. The van der Waals surface area contributed by atoms with E-state index in [1.165, 1.54) is 5.56 Å². The van der Waals surface area contributed by atoms with E-state index in [1.54, 1.807) is 7.11 Å². The third-order valence-electron chi connectivity index (χ3n) is 3.14. The van der Waals surface area contributed by atoms with Gasteiger partial charge in [0.1, 0.15) is 5.75 Å². The summed E-state index contributed by atoms with van der Waals surface area (Å²) in [5.74, 6) is 0.910. The van der Waals surface area contributed by atoms with Crippen molar-refractivity contribution in [1.29, 1.82) is 0 Å². The van der Waals surface area contributed by atoms with E-state index in [9.17, 15) is 0 Å². The van der Waals surface area contributed by atoms with Gasteiger partial charge in [-0.25, -0.2) is 0 Å². The number of nitrogens with one attached hydrogen (secondary N) is 1. The second-order valence-electron chi connectivity index (χ2n) is 4.47. The predicted octanol–water partition coefficient (Wildman–Crippen LogP) is 4.20. The maximum Gasteiger partial charge on any atom is 0.123 e. The first kappa shape index (κ1) is 13.9. The van der Waals surface area contributed by atoms with E-state index in [1.807, 2.05) is 36.4 Å². The normalized spacial score (nSPS) is 12.2. The van der Waals surface area contributed by atoms with Crippen LogP contribution in [0.5, 0.6) is 5.75 Å². The Kier molecular flexibility index (Phi) is 4.83. The highest BCUT2D eigenvalue weighted by Gasteiger charge is 2.07. The fourth-order valence-electron chi connectivity index (χ4n) is 2.01. The van der Waals surface area contributed by atoms with Crippen molar-refractivity contribution >= 4 is 11.6 Å². The lowest BCUT2D eigenvalue weighted by molar-refractivity contribution is 0.406. The van der Waals surface area contributed by atoms with Gasteiger partial charge in [-0.1, -0.05) is 41.9 Å². The van der Waals surface area contributed by atoms with Crippen LogP contribution in [0.2, 0.25) is 5.02 Å². The minimum Gasteiger partial charge on any atom is -0.496 e. The molecule has 0 aliphatic heterocycles. The van der Waals surface area contributed by atoms with Gasteiger partial charge in [0.25, 0.3) is 0 Å². The second-order valence-corrected chi connectivity index (χ2v) is 4.91. The van der Waals surface area contributed by atoms with Gasteiger partial charge < -0.3 is 10.1 Å². The molecule has 100 valence electrons. The van der Waals surface area contributed by atoms with Crippen LogP contribution in [0.25, 0.3) is 0 Å². The lowest BCUT2D eigenvalue weighted by atomic mass is 10.1. The van der Waals surface area contributed by atoms with E-state index in [0.717, 1.165) is 22.9 Å². The molecule has 2 aromatic carbocycles. The van der Waals surface area contributed by atoms with E-state index in [2.05, 4.69) is 24.4 Å². The Hall–Kier alpha value is -1.51. The maximum atomic E-state index is 6.01. The molecule has 1 N–H and O–H groups in total. The molecule has 3 heteroatoms. The Bertz CT molecular complexity index is 542. The molecule has 0 fully saturated rings. The van der Waals surface area contributed by atoms with Crippen LogP contribution in [0.3, 0.4) is 0 Å². The average Bonchev–Trinajstić information content (AvgIpc) is 2.45. The summed E-state index contributed by atoms with van der Waals surface area (Å²) >= 11 is 6.01. The molecule has 2 nitrogen and oxygen atoms in total. The number of benzene rings is 2. The molecular formula is C16H18ClNO. The van der Waals surface area contributed by atoms with Crippen LogP contribution in [0.15, 0.2) is 48.5 Å². The smallest absolute Gasteiger partial charge is 0.123 e. The van der Waals surface area contributed by atoms with Crippen molar-refractivity contribution < 1.29 is 4.74 Å². The number of hydrogen-bond donors (Lipinski definition) is 1. The van der Waals surface area contributed by atoms with E-state index in [0.29, 0.717) is 0 Å². The summed E-state index contributed by atoms with van der Waals surface area (Å²) in [6, 6.07) is 16.2. The summed E-state index contributed by atoms with van der Waals surface area (Å²) in [4.78, 5) is 0. The van der Waals surface area contributed by atoms with E-state index >= 15 is 0 Å². The fourth-order valence-corrected chi connectivity index (χ4v) is 2.20. The van der Waals surface area contributed by atoms with Crippen LogP contribution in [0.1, 0.15) is 24.1 Å². The molecule has 0 aromatic heterocycles. The third-order valence-corrected chi connectivity index (χ3v) is 3.37. The molecule has 0 saturated heterocycles. The van der Waals surface area contributed by atoms with E-state index < -0.39 is 0 Å². The van der Waals surface area contributed by atoms with Crippen LogP contribution in [0, 0.1) is 0 Å². The van der Waals surface area contributed by atoms with Crippen molar-refractivity contribution in [2.24, 2.45) is 0 Å². The van der Waals surface area contributed by atoms with Crippen molar-refractivity contribution in [3.63, 3.8) is 0 Å². The molecule has 0 saturated carbocycles. The summed E-state index contributed by atoms with van der Waals surface area (Å²) in [6.45, 7) is 2.89. The van der Waals surface area contributed by atoms with Gasteiger partial charge >= 0.3 is 0 Å². The Labute approximate surface area is 119 Å². The minimum atomic E-state index is 0.239. The molecule has 0 aliphatic rings. The van der Waals surface area contributed by atoms with Crippen molar-refractivity contribution in [3.8, 4) is 5.75 Å². The highest BCUT2D eigenvalue weighted by atomic mass is 35.5. The van der Waals surface area contributed by atoms with Gasteiger partial charge in [0.2, 0.25) is 0 Å². The Morgan fingerprint density at radius 2 is 1.95 bits per heavy atom. The topological polar surface area (TPSA) is 21.3 Å². The van der Waals surface area contributed by atoms with Gasteiger partial charge in [0.05, 0.1) is 7.11 Å². The molecule has 19 heavy (non-hydrogen) atoms. The van der Waals surface area contributed by atoms with Gasteiger partial charge in [-0.15, -0.1) is 0 Å². The quantitative estimate of drug-likeness (QED) is 0.883. The van der Waals surface area contributed by atoms with Crippen LogP contribution >= 0.6 is 11.6 Å². The van der Waals surface area contributed by atoms with E-state index in [-0.39, 0.29) is 6.04 Å². The lowest BCUT2D eigenvalue weighted by Crippen LogP contribution is -2.18. The Morgan fingerprint density at radius 1 is 1.16 bits per heavy atom. The summed E-state index contributed by atoms with van der Waals surface area (Å²) in [7, 11) is 1.69. The predicted molar refractivity (Wildman–Crippen MR) is 79.7 cm³/mol. The maximum absolute atomic E-state index is 6.01. The first-order chi connectivity index (χ1) is 9.20. The Morgan fingerprint density at radius 3 is 2.68 bits per heavy atom. The van der Waals surface area contributed by atoms with E-state index in [4.69, 9.17) is 16.3 Å².